The number of ether oxygens (including phenoxy) is 1. The summed E-state index contributed by atoms with van der Waals surface area (Å²) in [6.07, 6.45) is 4.44. The van der Waals surface area contributed by atoms with Crippen LogP contribution in [0.25, 0.3) is 0 Å². The number of halogens is 1. The van der Waals surface area contributed by atoms with Gasteiger partial charge in [-0.05, 0) is 65.8 Å². The van der Waals surface area contributed by atoms with E-state index in [1.165, 1.54) is 17.5 Å². The fraction of sp³-hybridized carbons (Fsp3) is 0.789. The molecule has 1 heterocycles. The largest absolute Gasteiger partial charge is 0.380 e. The maximum Gasteiger partial charge on any atom is 0.283 e. The van der Waals surface area contributed by atoms with Crippen LogP contribution in [0.1, 0.15) is 47.5 Å². The molecule has 5 nitrogen and oxygen atoms in total. The van der Waals surface area contributed by atoms with Crippen LogP contribution in [0.3, 0.4) is 0 Å². The molecule has 3 aliphatic carbocycles. The highest BCUT2D eigenvalue weighted by molar-refractivity contribution is 9.10. The number of hydrogen-bond donors (Lipinski definition) is 1. The number of fused-ring (bicyclic) bond motifs is 2. The third-order valence-electron chi connectivity index (χ3n) is 6.43. The summed E-state index contributed by atoms with van der Waals surface area (Å²) in [5, 5.41) is 7.90. The van der Waals surface area contributed by atoms with Crippen molar-refractivity contribution in [3.8, 4) is 0 Å². The van der Waals surface area contributed by atoms with E-state index in [9.17, 15) is 4.79 Å². The van der Waals surface area contributed by atoms with Gasteiger partial charge in [0.25, 0.3) is 5.56 Å². The Kier molecular flexibility index (Phi) is 5.31. The van der Waals surface area contributed by atoms with Crippen molar-refractivity contribution < 1.29 is 4.74 Å². The fourth-order valence-corrected chi connectivity index (χ4v) is 5.06. The third kappa shape index (κ3) is 3.52. The summed E-state index contributed by atoms with van der Waals surface area (Å²) < 4.78 is 7.54. The minimum absolute atomic E-state index is 0.105. The average Bonchev–Trinajstić information content (AvgIpc) is 2.54. The molecule has 0 radical (unpaired) electrons. The minimum Gasteiger partial charge on any atom is -0.380 e. The molecule has 4 rings (SSSR count). The Hall–Kier alpha value is -0.880. The zero-order chi connectivity index (χ0) is 18.4. The second-order valence-electron chi connectivity index (χ2n) is 8.53. The second-order valence-corrected chi connectivity index (χ2v) is 9.32. The molecule has 1 N–H and O–H groups in total. The number of aromatic nitrogens is 2. The monoisotopic (exact) mass is 411 g/mol. The van der Waals surface area contributed by atoms with Gasteiger partial charge >= 0.3 is 0 Å². The topological polar surface area (TPSA) is 56.1 Å². The summed E-state index contributed by atoms with van der Waals surface area (Å²) >= 11 is 3.47. The highest BCUT2D eigenvalue weighted by Crippen LogP contribution is 2.61. The van der Waals surface area contributed by atoms with Crippen LogP contribution in [0, 0.1) is 23.2 Å². The van der Waals surface area contributed by atoms with Crippen LogP contribution in [-0.2, 0) is 11.3 Å². The molecule has 0 amide bonds. The molecule has 0 aliphatic heterocycles. The highest BCUT2D eigenvalue weighted by atomic mass is 79.9. The van der Waals surface area contributed by atoms with Crippen molar-refractivity contribution in [2.24, 2.45) is 23.2 Å². The number of nitrogens with one attached hydrogen (secondary N) is 1. The molecule has 0 aromatic carbocycles. The minimum atomic E-state index is -0.105. The normalized spacial score (nSPS) is 30.2. The molecule has 0 unspecified atom stereocenters. The first-order chi connectivity index (χ1) is 11.7. The molecule has 140 valence electrons. The Balaban J connectivity index is 1.68. The molecule has 1 aromatic rings. The molecule has 4 atom stereocenters. The molecule has 3 saturated carbocycles. The zero-order valence-corrected chi connectivity index (χ0v) is 17.5. The zero-order valence-electron chi connectivity index (χ0n) is 15.9. The summed E-state index contributed by atoms with van der Waals surface area (Å²) in [5.74, 6) is 2.16. The summed E-state index contributed by atoms with van der Waals surface area (Å²) in [6, 6.07) is 0.411. The van der Waals surface area contributed by atoms with Gasteiger partial charge in [0.15, 0.2) is 0 Å². The maximum absolute atomic E-state index is 12.5. The van der Waals surface area contributed by atoms with Gasteiger partial charge in [0.2, 0.25) is 0 Å². The van der Waals surface area contributed by atoms with Crippen LogP contribution in [0.2, 0.25) is 0 Å². The Labute approximate surface area is 158 Å². The molecule has 2 bridgehead atoms. The van der Waals surface area contributed by atoms with E-state index in [0.29, 0.717) is 35.0 Å². The van der Waals surface area contributed by atoms with Crippen LogP contribution < -0.4 is 10.9 Å². The number of anilines is 1. The van der Waals surface area contributed by atoms with Gasteiger partial charge in [-0.15, -0.1) is 0 Å². The SMILES string of the molecule is CC(C)OCCn1ncc(N[C@@H]2C[C@@H]3C[C@H]([C@H]2C)C3(C)C)c(Br)c1=O. The van der Waals surface area contributed by atoms with Gasteiger partial charge in [-0.25, -0.2) is 4.68 Å². The summed E-state index contributed by atoms with van der Waals surface area (Å²) in [4.78, 5) is 12.5. The van der Waals surface area contributed by atoms with Crippen molar-refractivity contribution in [1.29, 1.82) is 0 Å². The number of rotatable bonds is 6. The van der Waals surface area contributed by atoms with E-state index >= 15 is 0 Å². The molecular formula is C19H30BrN3O2. The molecule has 0 saturated heterocycles. The van der Waals surface area contributed by atoms with E-state index in [-0.39, 0.29) is 11.7 Å². The van der Waals surface area contributed by atoms with E-state index in [4.69, 9.17) is 4.74 Å². The average molecular weight is 412 g/mol. The lowest BCUT2D eigenvalue weighted by molar-refractivity contribution is -0.105. The van der Waals surface area contributed by atoms with Crippen LogP contribution in [0.15, 0.2) is 15.5 Å². The predicted octanol–water partition coefficient (Wildman–Crippen LogP) is 3.91. The van der Waals surface area contributed by atoms with Crippen molar-refractivity contribution in [2.45, 2.75) is 66.2 Å². The predicted molar refractivity (Wildman–Crippen MR) is 104 cm³/mol. The molecule has 6 heteroatoms. The number of hydrogen-bond acceptors (Lipinski definition) is 4. The van der Waals surface area contributed by atoms with E-state index in [1.807, 2.05) is 13.8 Å². The first-order valence-electron chi connectivity index (χ1n) is 9.35. The van der Waals surface area contributed by atoms with Gasteiger partial charge in [-0.3, -0.25) is 4.79 Å². The standard InChI is InChI=1S/C19H30BrN3O2/c1-11(2)25-7-6-23-18(24)17(20)16(10-21-23)22-15-9-13-8-14(12(15)3)19(13,4)5/h10-15,22H,6-9H2,1-5H3/t12-,13+,14-,15-/m1/s1. The summed E-state index contributed by atoms with van der Waals surface area (Å²) in [5.41, 5.74) is 1.17. The molecule has 3 fully saturated rings. The third-order valence-corrected chi connectivity index (χ3v) is 7.20. The van der Waals surface area contributed by atoms with E-state index in [0.717, 1.165) is 17.5 Å². The van der Waals surface area contributed by atoms with Crippen LogP contribution in [0.5, 0.6) is 0 Å². The maximum atomic E-state index is 12.5. The Morgan fingerprint density at radius 1 is 1.44 bits per heavy atom. The van der Waals surface area contributed by atoms with Crippen molar-refractivity contribution in [3.63, 3.8) is 0 Å². The van der Waals surface area contributed by atoms with Gasteiger partial charge < -0.3 is 10.1 Å². The molecule has 3 aliphatic rings. The first-order valence-corrected chi connectivity index (χ1v) is 10.1. The van der Waals surface area contributed by atoms with E-state index in [2.05, 4.69) is 47.1 Å². The van der Waals surface area contributed by atoms with Crippen LogP contribution >= 0.6 is 15.9 Å². The van der Waals surface area contributed by atoms with Gasteiger partial charge in [-0.2, -0.15) is 5.10 Å². The Bertz CT molecular complexity index is 686. The molecule has 0 spiro atoms. The van der Waals surface area contributed by atoms with Gasteiger partial charge in [0.1, 0.15) is 4.47 Å². The summed E-state index contributed by atoms with van der Waals surface area (Å²) in [6.45, 7) is 12.1. The first kappa shape index (κ1) is 18.9. The molecular weight excluding hydrogens is 382 g/mol. The fourth-order valence-electron chi connectivity index (χ4n) is 4.64. The van der Waals surface area contributed by atoms with E-state index in [1.54, 1.807) is 6.20 Å². The molecule has 1 aromatic heterocycles. The lowest BCUT2D eigenvalue weighted by Gasteiger charge is -2.62. The second kappa shape index (κ2) is 7.03. The van der Waals surface area contributed by atoms with Crippen molar-refractivity contribution >= 4 is 21.6 Å². The van der Waals surface area contributed by atoms with Gasteiger partial charge in [0, 0.05) is 6.04 Å². The van der Waals surface area contributed by atoms with Crippen molar-refractivity contribution in [3.05, 3.63) is 21.0 Å². The smallest absolute Gasteiger partial charge is 0.283 e. The van der Waals surface area contributed by atoms with E-state index < -0.39 is 0 Å². The lowest BCUT2D eigenvalue weighted by Crippen LogP contribution is -2.58. The van der Waals surface area contributed by atoms with Gasteiger partial charge in [-0.1, -0.05) is 20.8 Å². The highest BCUT2D eigenvalue weighted by Gasteiger charge is 2.56. The van der Waals surface area contributed by atoms with Crippen molar-refractivity contribution in [2.75, 3.05) is 11.9 Å². The Morgan fingerprint density at radius 3 is 2.76 bits per heavy atom. The van der Waals surface area contributed by atoms with Crippen molar-refractivity contribution in [1.82, 2.24) is 9.78 Å². The number of nitrogens with zero attached hydrogens (tertiary/aromatic N) is 2. The lowest BCUT2D eigenvalue weighted by atomic mass is 9.45. The van der Waals surface area contributed by atoms with Crippen LogP contribution in [-0.4, -0.2) is 28.5 Å². The summed E-state index contributed by atoms with van der Waals surface area (Å²) in [7, 11) is 0. The quantitative estimate of drug-likeness (QED) is 0.770. The Morgan fingerprint density at radius 2 is 2.16 bits per heavy atom. The van der Waals surface area contributed by atoms with Crippen LogP contribution in [0.4, 0.5) is 5.69 Å². The van der Waals surface area contributed by atoms with Gasteiger partial charge in [0.05, 0.1) is 31.1 Å². The molecule has 25 heavy (non-hydrogen) atoms.